The van der Waals surface area contributed by atoms with Crippen LogP contribution in [0.5, 0.6) is 0 Å². The van der Waals surface area contributed by atoms with Crippen molar-refractivity contribution in [2.45, 2.75) is 23.2 Å². The molecule has 0 saturated carbocycles. The van der Waals surface area contributed by atoms with Crippen LogP contribution in [0.2, 0.25) is 0 Å². The van der Waals surface area contributed by atoms with Crippen LogP contribution in [0.15, 0.2) is 15.7 Å². The number of hydrogen-bond acceptors (Lipinski definition) is 4. The minimum Gasteiger partial charge on any atom is -0.306 e. The van der Waals surface area contributed by atoms with Crippen LogP contribution < -0.4 is 0 Å². The summed E-state index contributed by atoms with van der Waals surface area (Å²) in [6.07, 6.45) is 2.10. The highest BCUT2D eigenvalue weighted by atomic mass is 32.2. The molecule has 1 spiro atoms. The zero-order chi connectivity index (χ0) is 13.0. The monoisotopic (exact) mass is 286 g/mol. The summed E-state index contributed by atoms with van der Waals surface area (Å²) in [6, 6.07) is 0. The van der Waals surface area contributed by atoms with Crippen LogP contribution in [0, 0.1) is 0 Å². The van der Waals surface area contributed by atoms with E-state index in [1.807, 2.05) is 5.38 Å². The fourth-order valence-corrected chi connectivity index (χ4v) is 5.98. The zero-order valence-electron chi connectivity index (χ0n) is 10.7. The lowest BCUT2D eigenvalue weighted by Crippen LogP contribution is -2.51. The SMILES string of the molecule is CN1CCC2(CC1)CN(C)S(=O)(=O)c1cscc12. The van der Waals surface area contributed by atoms with E-state index in [9.17, 15) is 8.42 Å². The maximum absolute atomic E-state index is 12.3. The Morgan fingerprint density at radius 2 is 1.89 bits per heavy atom. The van der Waals surface area contributed by atoms with Gasteiger partial charge in [0, 0.05) is 24.4 Å². The Morgan fingerprint density at radius 1 is 1.22 bits per heavy atom. The van der Waals surface area contributed by atoms with Crippen molar-refractivity contribution in [2.75, 3.05) is 33.7 Å². The third-order valence-electron chi connectivity index (χ3n) is 4.36. The molecule has 0 aliphatic carbocycles. The predicted octanol–water partition coefficient (Wildman–Crippen LogP) is 1.35. The van der Waals surface area contributed by atoms with Gasteiger partial charge in [0.05, 0.1) is 4.90 Å². The maximum Gasteiger partial charge on any atom is 0.243 e. The molecule has 2 aliphatic rings. The number of fused-ring (bicyclic) bond motifs is 2. The molecule has 0 bridgehead atoms. The van der Waals surface area contributed by atoms with Gasteiger partial charge in [-0.25, -0.2) is 8.42 Å². The first-order valence-corrected chi connectivity index (χ1v) is 8.56. The Bertz CT molecular complexity index is 556. The van der Waals surface area contributed by atoms with E-state index in [-0.39, 0.29) is 5.41 Å². The summed E-state index contributed by atoms with van der Waals surface area (Å²) >= 11 is 1.51. The molecule has 6 heteroatoms. The Labute approximate surface area is 112 Å². The number of sulfonamides is 1. The fraction of sp³-hybridized carbons (Fsp3) is 0.667. The first-order valence-electron chi connectivity index (χ1n) is 6.17. The molecule has 1 aromatic heterocycles. The van der Waals surface area contributed by atoms with Gasteiger partial charge in [0.15, 0.2) is 0 Å². The second-order valence-corrected chi connectivity index (χ2v) is 8.25. The fourth-order valence-electron chi connectivity index (χ4n) is 3.11. The standard InChI is InChI=1S/C12H18N2O2S2/c1-13-5-3-12(4-6-13)9-14(2)18(15,16)11-8-17-7-10(11)12/h7-8H,3-6,9H2,1-2H3. The number of likely N-dealkylation sites (N-methyl/N-ethyl adjacent to an activating group) is 1. The highest BCUT2D eigenvalue weighted by molar-refractivity contribution is 7.89. The summed E-state index contributed by atoms with van der Waals surface area (Å²) in [5.74, 6) is 0. The van der Waals surface area contributed by atoms with E-state index < -0.39 is 10.0 Å². The molecule has 1 fully saturated rings. The van der Waals surface area contributed by atoms with Crippen molar-refractivity contribution in [3.05, 3.63) is 16.3 Å². The maximum atomic E-state index is 12.3. The van der Waals surface area contributed by atoms with E-state index in [4.69, 9.17) is 0 Å². The Kier molecular flexibility index (Phi) is 2.82. The van der Waals surface area contributed by atoms with Gasteiger partial charge < -0.3 is 4.90 Å². The van der Waals surface area contributed by atoms with Crippen LogP contribution in [-0.2, 0) is 15.4 Å². The molecule has 3 heterocycles. The lowest BCUT2D eigenvalue weighted by Gasteiger charge is -2.45. The molecule has 18 heavy (non-hydrogen) atoms. The molecule has 0 aromatic carbocycles. The molecular formula is C12H18N2O2S2. The highest BCUT2D eigenvalue weighted by Crippen LogP contribution is 2.45. The molecule has 0 atom stereocenters. The van der Waals surface area contributed by atoms with Gasteiger partial charge in [-0.05, 0) is 43.9 Å². The Balaban J connectivity index is 2.10. The van der Waals surface area contributed by atoms with Crippen LogP contribution >= 0.6 is 11.3 Å². The van der Waals surface area contributed by atoms with Crippen LogP contribution in [0.4, 0.5) is 0 Å². The van der Waals surface area contributed by atoms with Gasteiger partial charge in [-0.15, -0.1) is 0 Å². The number of likely N-dealkylation sites (tertiary alicyclic amines) is 1. The molecule has 1 saturated heterocycles. The van der Waals surface area contributed by atoms with E-state index in [0.717, 1.165) is 31.5 Å². The Morgan fingerprint density at radius 3 is 2.56 bits per heavy atom. The van der Waals surface area contributed by atoms with E-state index >= 15 is 0 Å². The average Bonchev–Trinajstić information content (AvgIpc) is 2.81. The smallest absolute Gasteiger partial charge is 0.243 e. The second-order valence-electron chi connectivity index (χ2n) is 5.49. The molecule has 0 unspecified atom stereocenters. The van der Waals surface area contributed by atoms with Gasteiger partial charge >= 0.3 is 0 Å². The number of thiophene rings is 1. The van der Waals surface area contributed by atoms with Crippen molar-refractivity contribution in [1.29, 1.82) is 0 Å². The van der Waals surface area contributed by atoms with Crippen LogP contribution in [0.3, 0.4) is 0 Å². The normalized spacial score (nSPS) is 27.2. The minimum absolute atomic E-state index is 0.0436. The number of hydrogen-bond donors (Lipinski definition) is 0. The van der Waals surface area contributed by atoms with Crippen molar-refractivity contribution in [3.63, 3.8) is 0 Å². The summed E-state index contributed by atoms with van der Waals surface area (Å²) in [4.78, 5) is 2.87. The minimum atomic E-state index is -3.24. The first-order chi connectivity index (χ1) is 8.46. The van der Waals surface area contributed by atoms with Gasteiger partial charge in [0.1, 0.15) is 0 Å². The van der Waals surface area contributed by atoms with Crippen molar-refractivity contribution >= 4 is 21.4 Å². The molecule has 4 nitrogen and oxygen atoms in total. The van der Waals surface area contributed by atoms with Crippen molar-refractivity contribution in [2.24, 2.45) is 0 Å². The van der Waals surface area contributed by atoms with Crippen molar-refractivity contribution < 1.29 is 8.42 Å². The van der Waals surface area contributed by atoms with E-state index in [0.29, 0.717) is 11.4 Å². The summed E-state index contributed by atoms with van der Waals surface area (Å²) in [5, 5.41) is 3.84. The lowest BCUT2D eigenvalue weighted by molar-refractivity contribution is 0.161. The van der Waals surface area contributed by atoms with Gasteiger partial charge in [-0.3, -0.25) is 0 Å². The molecule has 2 aliphatic heterocycles. The summed E-state index contributed by atoms with van der Waals surface area (Å²) in [5.41, 5.74) is 1.11. The largest absolute Gasteiger partial charge is 0.306 e. The number of rotatable bonds is 0. The van der Waals surface area contributed by atoms with E-state index in [1.165, 1.54) is 15.6 Å². The van der Waals surface area contributed by atoms with E-state index in [1.54, 1.807) is 12.4 Å². The van der Waals surface area contributed by atoms with Crippen LogP contribution in [0.1, 0.15) is 18.4 Å². The lowest BCUT2D eigenvalue weighted by atomic mass is 9.73. The quantitative estimate of drug-likeness (QED) is 0.723. The van der Waals surface area contributed by atoms with Gasteiger partial charge in [0.25, 0.3) is 0 Å². The average molecular weight is 286 g/mol. The molecule has 0 N–H and O–H groups in total. The van der Waals surface area contributed by atoms with E-state index in [2.05, 4.69) is 11.9 Å². The van der Waals surface area contributed by atoms with Crippen LogP contribution in [-0.4, -0.2) is 51.4 Å². The summed E-state index contributed by atoms with van der Waals surface area (Å²) in [7, 11) is 0.598. The number of nitrogens with zero attached hydrogens (tertiary/aromatic N) is 2. The summed E-state index contributed by atoms with van der Waals surface area (Å²) in [6.45, 7) is 2.72. The van der Waals surface area contributed by atoms with Crippen LogP contribution in [0.25, 0.3) is 0 Å². The Hall–Kier alpha value is -0.430. The third kappa shape index (κ3) is 1.66. The summed E-state index contributed by atoms with van der Waals surface area (Å²) < 4.78 is 26.1. The third-order valence-corrected chi connectivity index (χ3v) is 7.09. The topological polar surface area (TPSA) is 40.6 Å². The molecule has 3 rings (SSSR count). The molecule has 0 radical (unpaired) electrons. The zero-order valence-corrected chi connectivity index (χ0v) is 12.4. The molecule has 100 valence electrons. The van der Waals surface area contributed by atoms with Gasteiger partial charge in [0.2, 0.25) is 10.0 Å². The van der Waals surface area contributed by atoms with Gasteiger partial charge in [-0.1, -0.05) is 0 Å². The van der Waals surface area contributed by atoms with Crippen molar-refractivity contribution in [1.82, 2.24) is 9.21 Å². The number of piperidine rings is 1. The molecular weight excluding hydrogens is 268 g/mol. The second kappa shape index (κ2) is 4.03. The van der Waals surface area contributed by atoms with Crippen molar-refractivity contribution in [3.8, 4) is 0 Å². The molecule has 1 aromatic rings. The first kappa shape index (κ1) is 12.6. The molecule has 0 amide bonds. The predicted molar refractivity (Wildman–Crippen MR) is 72.5 cm³/mol. The highest BCUT2D eigenvalue weighted by Gasteiger charge is 2.46. The van der Waals surface area contributed by atoms with Gasteiger partial charge in [-0.2, -0.15) is 15.6 Å².